The van der Waals surface area contributed by atoms with Gasteiger partial charge in [-0.15, -0.1) is 0 Å². The average Bonchev–Trinajstić information content (AvgIpc) is 2.38. The van der Waals surface area contributed by atoms with E-state index in [1.54, 1.807) is 11.1 Å². The van der Waals surface area contributed by atoms with Crippen LogP contribution in [0.2, 0.25) is 0 Å². The Morgan fingerprint density at radius 3 is 3.12 bits per heavy atom. The largest absolute Gasteiger partial charge is 0.313 e. The Labute approximate surface area is 105 Å². The molecule has 0 spiro atoms. The minimum Gasteiger partial charge on any atom is -0.313 e. The molecule has 0 saturated carbocycles. The van der Waals surface area contributed by atoms with Crippen molar-refractivity contribution in [3.05, 3.63) is 34.9 Å². The highest BCUT2D eigenvalue weighted by molar-refractivity contribution is 5.42. The highest BCUT2D eigenvalue weighted by Gasteiger charge is 2.43. The van der Waals surface area contributed by atoms with Crippen LogP contribution in [0.5, 0.6) is 0 Å². The molecule has 1 aliphatic carbocycles. The standard InChI is InChI=1S/C16H23N/c1-3-16-9-4-10-17-15(16)8-7-13-6-5-12(2)11-14(13)16/h5-6,11,15,17H,3-4,7-10H2,1-2H3. The predicted molar refractivity (Wildman–Crippen MR) is 72.5 cm³/mol. The van der Waals surface area contributed by atoms with Crippen molar-refractivity contribution in [1.29, 1.82) is 0 Å². The summed E-state index contributed by atoms with van der Waals surface area (Å²) in [5.74, 6) is 0. The van der Waals surface area contributed by atoms with Gasteiger partial charge in [-0.25, -0.2) is 0 Å². The molecule has 2 unspecified atom stereocenters. The zero-order valence-corrected chi connectivity index (χ0v) is 11.1. The Morgan fingerprint density at radius 2 is 2.29 bits per heavy atom. The molecule has 92 valence electrons. The fraction of sp³-hybridized carbons (Fsp3) is 0.625. The first kappa shape index (κ1) is 11.3. The Hall–Kier alpha value is -0.820. The van der Waals surface area contributed by atoms with Crippen LogP contribution in [0, 0.1) is 6.92 Å². The van der Waals surface area contributed by atoms with Gasteiger partial charge in [0, 0.05) is 11.5 Å². The molecule has 1 aromatic rings. The van der Waals surface area contributed by atoms with Crippen molar-refractivity contribution in [2.75, 3.05) is 6.54 Å². The quantitative estimate of drug-likeness (QED) is 0.779. The van der Waals surface area contributed by atoms with Gasteiger partial charge in [0.15, 0.2) is 0 Å². The summed E-state index contributed by atoms with van der Waals surface area (Å²) in [6.45, 7) is 5.81. The summed E-state index contributed by atoms with van der Waals surface area (Å²) in [5, 5.41) is 3.77. The maximum Gasteiger partial charge on any atom is 0.0167 e. The van der Waals surface area contributed by atoms with Crippen LogP contribution in [0.4, 0.5) is 0 Å². The molecule has 0 amide bonds. The zero-order chi connectivity index (χ0) is 11.9. The third-order valence-electron chi connectivity index (χ3n) is 4.99. The van der Waals surface area contributed by atoms with Crippen LogP contribution < -0.4 is 5.32 Å². The van der Waals surface area contributed by atoms with Crippen LogP contribution in [-0.4, -0.2) is 12.6 Å². The molecule has 3 rings (SSSR count). The lowest BCUT2D eigenvalue weighted by Gasteiger charge is -2.49. The monoisotopic (exact) mass is 229 g/mol. The molecule has 1 aromatic carbocycles. The van der Waals surface area contributed by atoms with Crippen molar-refractivity contribution >= 4 is 0 Å². The van der Waals surface area contributed by atoms with Crippen LogP contribution in [-0.2, 0) is 11.8 Å². The molecular formula is C16H23N. The van der Waals surface area contributed by atoms with E-state index in [4.69, 9.17) is 0 Å². The van der Waals surface area contributed by atoms with Gasteiger partial charge in [-0.05, 0) is 56.7 Å². The number of rotatable bonds is 1. The first-order valence-corrected chi connectivity index (χ1v) is 7.09. The molecular weight excluding hydrogens is 206 g/mol. The maximum atomic E-state index is 3.77. The van der Waals surface area contributed by atoms with E-state index in [1.807, 2.05) is 0 Å². The van der Waals surface area contributed by atoms with Gasteiger partial charge >= 0.3 is 0 Å². The smallest absolute Gasteiger partial charge is 0.0167 e. The minimum absolute atomic E-state index is 0.428. The van der Waals surface area contributed by atoms with E-state index in [0.29, 0.717) is 5.41 Å². The normalized spacial score (nSPS) is 31.8. The van der Waals surface area contributed by atoms with Crippen LogP contribution in [0.15, 0.2) is 18.2 Å². The topological polar surface area (TPSA) is 12.0 Å². The van der Waals surface area contributed by atoms with Gasteiger partial charge < -0.3 is 5.32 Å². The van der Waals surface area contributed by atoms with Crippen molar-refractivity contribution < 1.29 is 0 Å². The molecule has 1 saturated heterocycles. The molecule has 0 bridgehead atoms. The Bertz CT molecular complexity index is 424. The summed E-state index contributed by atoms with van der Waals surface area (Å²) in [5.41, 5.74) is 5.11. The molecule has 2 aliphatic rings. The molecule has 1 heterocycles. The van der Waals surface area contributed by atoms with E-state index < -0.39 is 0 Å². The van der Waals surface area contributed by atoms with Gasteiger partial charge in [0.25, 0.3) is 0 Å². The van der Waals surface area contributed by atoms with Crippen LogP contribution in [0.25, 0.3) is 0 Å². The lowest BCUT2D eigenvalue weighted by Crippen LogP contribution is -2.54. The summed E-state index contributed by atoms with van der Waals surface area (Å²) in [7, 11) is 0. The van der Waals surface area contributed by atoms with Gasteiger partial charge in [-0.1, -0.05) is 30.7 Å². The highest BCUT2D eigenvalue weighted by Crippen LogP contribution is 2.45. The highest BCUT2D eigenvalue weighted by atomic mass is 15.0. The summed E-state index contributed by atoms with van der Waals surface area (Å²) in [6, 6.07) is 7.82. The Morgan fingerprint density at radius 1 is 1.41 bits per heavy atom. The average molecular weight is 229 g/mol. The third kappa shape index (κ3) is 1.63. The lowest BCUT2D eigenvalue weighted by atomic mass is 9.61. The second-order valence-electron chi connectivity index (χ2n) is 5.82. The van der Waals surface area contributed by atoms with E-state index in [0.717, 1.165) is 6.04 Å². The number of fused-ring (bicyclic) bond motifs is 3. The summed E-state index contributed by atoms with van der Waals surface area (Å²) in [6.07, 6.45) is 6.56. The van der Waals surface area contributed by atoms with E-state index in [-0.39, 0.29) is 0 Å². The molecule has 0 radical (unpaired) electrons. The van der Waals surface area contributed by atoms with Gasteiger partial charge in [-0.2, -0.15) is 0 Å². The second kappa shape index (κ2) is 4.13. The number of hydrogen-bond donors (Lipinski definition) is 1. The van der Waals surface area contributed by atoms with Crippen molar-refractivity contribution in [1.82, 2.24) is 5.32 Å². The number of piperidine rings is 1. The fourth-order valence-electron chi connectivity index (χ4n) is 4.04. The molecule has 17 heavy (non-hydrogen) atoms. The van der Waals surface area contributed by atoms with Gasteiger partial charge in [0.1, 0.15) is 0 Å². The zero-order valence-electron chi connectivity index (χ0n) is 11.1. The van der Waals surface area contributed by atoms with Crippen LogP contribution in [0.1, 0.15) is 49.3 Å². The first-order chi connectivity index (χ1) is 8.26. The third-order valence-corrected chi connectivity index (χ3v) is 4.99. The van der Waals surface area contributed by atoms with Gasteiger partial charge in [-0.3, -0.25) is 0 Å². The lowest BCUT2D eigenvalue weighted by molar-refractivity contribution is 0.194. The maximum absolute atomic E-state index is 3.77. The summed E-state index contributed by atoms with van der Waals surface area (Å²) < 4.78 is 0. The molecule has 1 nitrogen and oxygen atoms in total. The van der Waals surface area contributed by atoms with Crippen molar-refractivity contribution in [3.63, 3.8) is 0 Å². The summed E-state index contributed by atoms with van der Waals surface area (Å²) >= 11 is 0. The van der Waals surface area contributed by atoms with Gasteiger partial charge in [0.05, 0.1) is 0 Å². The Kier molecular flexibility index (Phi) is 2.74. The number of aryl methyl sites for hydroxylation is 2. The van der Waals surface area contributed by atoms with Gasteiger partial charge in [0.2, 0.25) is 0 Å². The van der Waals surface area contributed by atoms with E-state index in [9.17, 15) is 0 Å². The molecule has 0 aromatic heterocycles. The second-order valence-corrected chi connectivity index (χ2v) is 5.82. The summed E-state index contributed by atoms with van der Waals surface area (Å²) in [4.78, 5) is 0. The van der Waals surface area contributed by atoms with E-state index in [2.05, 4.69) is 37.4 Å². The van der Waals surface area contributed by atoms with Crippen molar-refractivity contribution in [2.24, 2.45) is 0 Å². The van der Waals surface area contributed by atoms with Crippen molar-refractivity contribution in [2.45, 2.75) is 57.4 Å². The fourth-order valence-corrected chi connectivity index (χ4v) is 4.04. The number of hydrogen-bond acceptors (Lipinski definition) is 1. The van der Waals surface area contributed by atoms with Crippen LogP contribution >= 0.6 is 0 Å². The molecule has 1 aliphatic heterocycles. The minimum atomic E-state index is 0.428. The Balaban J connectivity index is 2.13. The molecule has 1 heteroatoms. The predicted octanol–water partition coefficient (Wildman–Crippen LogP) is 3.34. The van der Waals surface area contributed by atoms with Crippen molar-refractivity contribution in [3.8, 4) is 0 Å². The SMILES string of the molecule is CCC12CCCNC1CCc1ccc(C)cc12. The van der Waals surface area contributed by atoms with E-state index in [1.165, 1.54) is 44.2 Å². The number of benzene rings is 1. The van der Waals surface area contributed by atoms with E-state index >= 15 is 0 Å². The van der Waals surface area contributed by atoms with Crippen LogP contribution in [0.3, 0.4) is 0 Å². The molecule has 2 atom stereocenters. The first-order valence-electron chi connectivity index (χ1n) is 7.09. The molecule has 1 N–H and O–H groups in total. The number of nitrogens with one attached hydrogen (secondary N) is 1. The molecule has 1 fully saturated rings.